The summed E-state index contributed by atoms with van der Waals surface area (Å²) in [6, 6.07) is 0. The van der Waals surface area contributed by atoms with Crippen molar-refractivity contribution >= 4 is 5.97 Å². The Balaban J connectivity index is 1.56. The Morgan fingerprint density at radius 3 is 2.53 bits per heavy atom. The lowest BCUT2D eigenvalue weighted by Gasteiger charge is -2.58. The highest BCUT2D eigenvalue weighted by atomic mass is 19.1. The zero-order valence-electron chi connectivity index (χ0n) is 18.9. The maximum atomic E-state index is 13.7. The van der Waals surface area contributed by atoms with Crippen molar-refractivity contribution in [2.24, 2.45) is 46.3 Å². The summed E-state index contributed by atoms with van der Waals surface area (Å²) in [4.78, 5) is 11.2. The lowest BCUT2D eigenvalue weighted by molar-refractivity contribution is -0.139. The fourth-order valence-corrected chi connectivity index (χ4v) is 8.44. The van der Waals surface area contributed by atoms with Crippen molar-refractivity contribution < 1.29 is 19.4 Å². The molecule has 3 fully saturated rings. The summed E-state index contributed by atoms with van der Waals surface area (Å²) in [6.07, 6.45) is 10.6. The van der Waals surface area contributed by atoms with Gasteiger partial charge < -0.3 is 10.2 Å². The minimum atomic E-state index is -1.06. The Labute approximate surface area is 180 Å². The van der Waals surface area contributed by atoms with E-state index in [9.17, 15) is 19.4 Å². The molecule has 4 aliphatic rings. The number of hydrogen-bond donors (Lipinski definition) is 2. The molecule has 3 saturated carbocycles. The van der Waals surface area contributed by atoms with E-state index in [-0.39, 0.29) is 16.7 Å². The van der Waals surface area contributed by atoms with Crippen molar-refractivity contribution in [1.29, 1.82) is 0 Å². The van der Waals surface area contributed by atoms with Gasteiger partial charge >= 0.3 is 5.97 Å². The Hall–Kier alpha value is -1.16. The van der Waals surface area contributed by atoms with E-state index in [0.29, 0.717) is 36.0 Å². The molecule has 30 heavy (non-hydrogen) atoms. The molecule has 3 nitrogen and oxygen atoms in total. The maximum absolute atomic E-state index is 13.7. The summed E-state index contributed by atoms with van der Waals surface area (Å²) in [5.74, 6) is 1.03. The van der Waals surface area contributed by atoms with Crippen molar-refractivity contribution in [2.45, 2.75) is 84.7 Å². The van der Waals surface area contributed by atoms with Gasteiger partial charge in [-0.3, -0.25) is 4.79 Å². The summed E-state index contributed by atoms with van der Waals surface area (Å²) >= 11 is 0. The molecule has 0 spiro atoms. The van der Waals surface area contributed by atoms with Crippen LogP contribution in [0.25, 0.3) is 0 Å². The fourth-order valence-electron chi connectivity index (χ4n) is 8.44. The molecule has 0 aromatic rings. The van der Waals surface area contributed by atoms with Crippen LogP contribution in [-0.2, 0) is 4.79 Å². The molecule has 2 N–H and O–H groups in total. The molecule has 9 atom stereocenters. The van der Waals surface area contributed by atoms with E-state index in [1.54, 1.807) is 5.57 Å². The summed E-state index contributed by atoms with van der Waals surface area (Å²) in [7, 11) is 0. The van der Waals surface area contributed by atoms with Gasteiger partial charge in [-0.05, 0) is 97.7 Å². The minimum Gasteiger partial charge on any atom is -0.481 e. The van der Waals surface area contributed by atoms with E-state index >= 15 is 0 Å². The molecule has 0 bridgehead atoms. The average molecular weight is 419 g/mol. The summed E-state index contributed by atoms with van der Waals surface area (Å²) in [5, 5.41) is 19.6. The first kappa shape index (κ1) is 22.0. The smallest absolute Gasteiger partial charge is 0.303 e. The first-order chi connectivity index (χ1) is 14.1. The molecule has 0 aromatic carbocycles. The van der Waals surface area contributed by atoms with Gasteiger partial charge in [0.2, 0.25) is 0 Å². The molecule has 4 aliphatic carbocycles. The van der Waals surface area contributed by atoms with Crippen LogP contribution in [0.2, 0.25) is 0 Å². The van der Waals surface area contributed by atoms with Gasteiger partial charge in [0.25, 0.3) is 0 Å². The van der Waals surface area contributed by atoms with E-state index in [0.717, 1.165) is 44.9 Å². The van der Waals surface area contributed by atoms with Crippen molar-refractivity contribution in [2.75, 3.05) is 0 Å². The lowest BCUT2D eigenvalue weighted by atomic mass is 9.47. The van der Waals surface area contributed by atoms with Gasteiger partial charge in [-0.2, -0.15) is 0 Å². The van der Waals surface area contributed by atoms with Gasteiger partial charge in [-0.1, -0.05) is 39.0 Å². The van der Waals surface area contributed by atoms with E-state index in [1.807, 2.05) is 6.92 Å². The molecular formula is C26H39FO3. The van der Waals surface area contributed by atoms with Crippen LogP contribution < -0.4 is 0 Å². The van der Waals surface area contributed by atoms with Crippen molar-refractivity contribution in [1.82, 2.24) is 0 Å². The van der Waals surface area contributed by atoms with Gasteiger partial charge in [0, 0.05) is 6.42 Å². The monoisotopic (exact) mass is 418 g/mol. The fraction of sp³-hybridized carbons (Fsp3) is 0.808. The van der Waals surface area contributed by atoms with Gasteiger partial charge in [-0.25, -0.2) is 4.39 Å². The third kappa shape index (κ3) is 3.38. The lowest BCUT2D eigenvalue weighted by Crippen LogP contribution is -2.49. The van der Waals surface area contributed by atoms with Crippen LogP contribution in [-0.4, -0.2) is 22.3 Å². The highest BCUT2D eigenvalue weighted by Gasteiger charge is 2.58. The average Bonchev–Trinajstić information content (AvgIpc) is 3.03. The van der Waals surface area contributed by atoms with Gasteiger partial charge in [0.05, 0.1) is 0 Å². The zero-order valence-corrected chi connectivity index (χ0v) is 18.9. The third-order valence-electron chi connectivity index (χ3n) is 10.2. The molecule has 0 aromatic heterocycles. The number of carboxylic acids is 1. The Morgan fingerprint density at radius 1 is 1.20 bits per heavy atom. The Kier molecular flexibility index (Phi) is 5.70. The van der Waals surface area contributed by atoms with Crippen LogP contribution in [0.3, 0.4) is 0 Å². The van der Waals surface area contributed by atoms with Gasteiger partial charge in [-0.15, -0.1) is 0 Å². The standard InChI is InChI=1S/C26H39FO3/c1-15(24(30)16(2)27)20-7-8-21-19-6-5-18-13-17(14-23(28)29)9-11-25(18,3)22(19)10-12-26(20,21)4/h6,15,17-18,20-22,24,30H,2,5,7-14H2,1,3-4H3,(H,28,29)/t15-,17+,18?,20-,21+,22+,24?,25+,26-/m1/s1. The van der Waals surface area contributed by atoms with E-state index < -0.39 is 17.9 Å². The summed E-state index contributed by atoms with van der Waals surface area (Å²) in [6.45, 7) is 10.2. The van der Waals surface area contributed by atoms with E-state index in [2.05, 4.69) is 26.5 Å². The topological polar surface area (TPSA) is 57.5 Å². The van der Waals surface area contributed by atoms with Crippen LogP contribution in [0.1, 0.15) is 78.6 Å². The van der Waals surface area contributed by atoms with Crippen molar-refractivity contribution in [3.63, 3.8) is 0 Å². The second-order valence-electron chi connectivity index (χ2n) is 11.5. The van der Waals surface area contributed by atoms with Crippen LogP contribution in [0.5, 0.6) is 0 Å². The predicted molar refractivity (Wildman–Crippen MR) is 116 cm³/mol. The molecule has 168 valence electrons. The number of halogens is 1. The number of carboxylic acid groups (broad SMARTS) is 1. The second kappa shape index (κ2) is 7.76. The van der Waals surface area contributed by atoms with Gasteiger partial charge in [0.1, 0.15) is 11.9 Å². The van der Waals surface area contributed by atoms with Crippen LogP contribution in [0.4, 0.5) is 4.39 Å². The number of carbonyl (C=O) groups is 1. The van der Waals surface area contributed by atoms with E-state index in [1.165, 1.54) is 6.42 Å². The largest absolute Gasteiger partial charge is 0.481 e. The SMILES string of the molecule is C=C(F)C(O)[C@H](C)[C@H]1CC[C@H]2C3=CCC4C[C@@H](CC(=O)O)CC[C@]4(C)[C@H]3CC[C@]12C. The number of aliphatic carboxylic acids is 1. The normalized spacial score (nSPS) is 44.8. The molecule has 0 saturated heterocycles. The number of fused-ring (bicyclic) bond motifs is 5. The number of allylic oxidation sites excluding steroid dienone is 2. The zero-order chi connectivity index (χ0) is 21.8. The van der Waals surface area contributed by atoms with E-state index in [4.69, 9.17) is 0 Å². The van der Waals surface area contributed by atoms with Crippen molar-refractivity contribution in [3.05, 3.63) is 24.1 Å². The quantitative estimate of drug-likeness (QED) is 0.528. The minimum absolute atomic E-state index is 0.104. The second-order valence-corrected chi connectivity index (χ2v) is 11.5. The predicted octanol–water partition coefficient (Wildman–Crippen LogP) is 6.14. The summed E-state index contributed by atoms with van der Waals surface area (Å²) in [5.41, 5.74) is 2.06. The third-order valence-corrected chi connectivity index (χ3v) is 10.2. The summed E-state index contributed by atoms with van der Waals surface area (Å²) < 4.78 is 13.7. The number of aliphatic hydroxyl groups excluding tert-OH is 1. The molecule has 0 aliphatic heterocycles. The molecule has 2 unspecified atom stereocenters. The Bertz CT molecular complexity index is 745. The number of rotatable bonds is 5. The van der Waals surface area contributed by atoms with Crippen LogP contribution in [0, 0.1) is 46.3 Å². The van der Waals surface area contributed by atoms with Crippen LogP contribution >= 0.6 is 0 Å². The highest BCUT2D eigenvalue weighted by molar-refractivity contribution is 5.67. The number of aliphatic hydroxyl groups is 1. The molecule has 4 heteroatoms. The highest BCUT2D eigenvalue weighted by Crippen LogP contribution is 2.67. The Morgan fingerprint density at radius 2 is 1.87 bits per heavy atom. The maximum Gasteiger partial charge on any atom is 0.303 e. The molecule has 4 rings (SSSR count). The first-order valence-corrected chi connectivity index (χ1v) is 12.0. The van der Waals surface area contributed by atoms with Crippen molar-refractivity contribution in [3.8, 4) is 0 Å². The molecule has 0 radical (unpaired) electrons. The molecule has 0 heterocycles. The first-order valence-electron chi connectivity index (χ1n) is 12.0. The van der Waals surface area contributed by atoms with Crippen LogP contribution in [0.15, 0.2) is 24.1 Å². The molecule has 0 amide bonds. The van der Waals surface area contributed by atoms with Gasteiger partial charge in [0.15, 0.2) is 0 Å². The number of hydrogen-bond acceptors (Lipinski definition) is 2. The molecular weight excluding hydrogens is 379 g/mol.